The van der Waals surface area contributed by atoms with Crippen molar-refractivity contribution in [1.82, 2.24) is 0 Å². The molecule has 0 saturated carbocycles. The highest BCUT2D eigenvalue weighted by atomic mass is 32.2. The standard InChI is InChI=1S/C25H27NO4S2/c1-2-3-4-5-6-7-16-30-21-14-8-18(9-15-21)17-22-23(27)26(25(31)32-22)20-12-10-19(11-13-20)24(28)29/h8-15,17H,2-7,16H2,1H3,(H,28,29)/b22-17-. The summed E-state index contributed by atoms with van der Waals surface area (Å²) < 4.78 is 6.23. The largest absolute Gasteiger partial charge is 0.494 e. The minimum Gasteiger partial charge on any atom is -0.494 e. The van der Waals surface area contributed by atoms with E-state index in [2.05, 4.69) is 6.92 Å². The molecule has 0 radical (unpaired) electrons. The van der Waals surface area contributed by atoms with E-state index in [0.717, 1.165) is 17.7 Å². The Kier molecular flexibility index (Phi) is 8.88. The van der Waals surface area contributed by atoms with Gasteiger partial charge in [0.2, 0.25) is 0 Å². The van der Waals surface area contributed by atoms with Gasteiger partial charge in [-0.15, -0.1) is 0 Å². The average Bonchev–Trinajstić information content (AvgIpc) is 3.07. The average molecular weight is 470 g/mol. The molecule has 1 aliphatic rings. The molecule has 32 heavy (non-hydrogen) atoms. The predicted octanol–water partition coefficient (Wildman–Crippen LogP) is 6.53. The number of carboxylic acid groups (broad SMARTS) is 1. The number of benzene rings is 2. The summed E-state index contributed by atoms with van der Waals surface area (Å²) >= 11 is 6.61. The van der Waals surface area contributed by atoms with E-state index in [-0.39, 0.29) is 11.5 Å². The number of carbonyl (C=O) groups excluding carboxylic acids is 1. The number of thiocarbonyl (C=S) groups is 1. The molecule has 2 aromatic carbocycles. The van der Waals surface area contributed by atoms with Crippen LogP contribution in [0.25, 0.3) is 6.08 Å². The van der Waals surface area contributed by atoms with E-state index in [1.165, 1.54) is 60.9 Å². The molecule has 0 atom stereocenters. The van der Waals surface area contributed by atoms with Gasteiger partial charge >= 0.3 is 5.97 Å². The topological polar surface area (TPSA) is 66.8 Å². The highest BCUT2D eigenvalue weighted by Gasteiger charge is 2.33. The molecule has 1 saturated heterocycles. The molecule has 0 unspecified atom stereocenters. The number of hydrogen-bond donors (Lipinski definition) is 1. The second kappa shape index (κ2) is 11.8. The molecule has 1 N–H and O–H groups in total. The number of unbranched alkanes of at least 4 members (excludes halogenated alkanes) is 5. The van der Waals surface area contributed by atoms with Gasteiger partial charge in [-0.1, -0.05) is 75.1 Å². The van der Waals surface area contributed by atoms with Crippen molar-refractivity contribution in [2.45, 2.75) is 45.4 Å². The summed E-state index contributed by atoms with van der Waals surface area (Å²) in [5.74, 6) is -0.408. The van der Waals surface area contributed by atoms with Gasteiger partial charge in [0.05, 0.1) is 22.8 Å². The third kappa shape index (κ3) is 6.43. The Bertz CT molecular complexity index is 984. The molecule has 0 aromatic heterocycles. The van der Waals surface area contributed by atoms with E-state index in [0.29, 0.717) is 21.5 Å². The maximum atomic E-state index is 12.9. The predicted molar refractivity (Wildman–Crippen MR) is 134 cm³/mol. The number of carbonyl (C=O) groups is 2. The fraction of sp³-hybridized carbons (Fsp3) is 0.320. The van der Waals surface area contributed by atoms with Crippen molar-refractivity contribution in [3.05, 3.63) is 64.6 Å². The van der Waals surface area contributed by atoms with Crippen LogP contribution in [0.1, 0.15) is 61.4 Å². The molecule has 1 heterocycles. The molecular weight excluding hydrogens is 442 g/mol. The Morgan fingerprint density at radius 1 is 1.03 bits per heavy atom. The monoisotopic (exact) mass is 469 g/mol. The Hall–Kier alpha value is -2.64. The Morgan fingerprint density at radius 2 is 1.69 bits per heavy atom. The first kappa shape index (κ1) is 24.0. The highest BCUT2D eigenvalue weighted by molar-refractivity contribution is 8.27. The maximum Gasteiger partial charge on any atom is 0.335 e. The molecule has 5 nitrogen and oxygen atoms in total. The molecule has 168 valence electrons. The van der Waals surface area contributed by atoms with Gasteiger partial charge in [0.25, 0.3) is 5.91 Å². The number of carboxylic acids is 1. The van der Waals surface area contributed by atoms with E-state index < -0.39 is 5.97 Å². The van der Waals surface area contributed by atoms with Crippen molar-refractivity contribution in [3.8, 4) is 5.75 Å². The Labute approximate surface area is 198 Å². The summed E-state index contributed by atoms with van der Waals surface area (Å²) in [7, 11) is 0. The number of nitrogens with zero attached hydrogens (tertiary/aromatic N) is 1. The van der Waals surface area contributed by atoms with Crippen LogP contribution >= 0.6 is 24.0 Å². The molecule has 1 aliphatic heterocycles. The molecule has 7 heteroatoms. The number of rotatable bonds is 11. The minimum absolute atomic E-state index is 0.161. The second-order valence-corrected chi connectivity index (χ2v) is 9.23. The molecule has 0 bridgehead atoms. The maximum absolute atomic E-state index is 12.9. The summed E-state index contributed by atoms with van der Waals surface area (Å²) in [5, 5.41) is 9.04. The van der Waals surface area contributed by atoms with Gasteiger partial charge in [-0.3, -0.25) is 9.69 Å². The SMILES string of the molecule is CCCCCCCCOc1ccc(/C=C2\SC(=S)N(c3ccc(C(=O)O)cc3)C2=O)cc1. The normalized spacial score (nSPS) is 14.9. The smallest absolute Gasteiger partial charge is 0.335 e. The van der Waals surface area contributed by atoms with Crippen molar-refractivity contribution in [2.75, 3.05) is 11.5 Å². The summed E-state index contributed by atoms with van der Waals surface area (Å²) in [5.41, 5.74) is 1.60. The van der Waals surface area contributed by atoms with Crippen molar-refractivity contribution < 1.29 is 19.4 Å². The number of amides is 1. The van der Waals surface area contributed by atoms with Crippen molar-refractivity contribution in [3.63, 3.8) is 0 Å². The number of aromatic carboxylic acids is 1. The van der Waals surface area contributed by atoms with Crippen LogP contribution in [0.3, 0.4) is 0 Å². The van der Waals surface area contributed by atoms with Crippen molar-refractivity contribution in [1.29, 1.82) is 0 Å². The molecule has 1 fully saturated rings. The van der Waals surface area contributed by atoms with Crippen LogP contribution < -0.4 is 9.64 Å². The molecule has 1 amide bonds. The lowest BCUT2D eigenvalue weighted by molar-refractivity contribution is -0.113. The quantitative estimate of drug-likeness (QED) is 0.229. The Balaban J connectivity index is 1.57. The zero-order valence-corrected chi connectivity index (χ0v) is 19.7. The van der Waals surface area contributed by atoms with Crippen LogP contribution in [0.5, 0.6) is 5.75 Å². The molecule has 0 spiro atoms. The van der Waals surface area contributed by atoms with Gasteiger partial charge in [-0.2, -0.15) is 0 Å². The lowest BCUT2D eigenvalue weighted by Gasteiger charge is -2.14. The zero-order valence-electron chi connectivity index (χ0n) is 18.1. The molecular formula is C25H27NO4S2. The first-order chi connectivity index (χ1) is 15.5. The van der Waals surface area contributed by atoms with Gasteiger partial charge < -0.3 is 9.84 Å². The zero-order chi connectivity index (χ0) is 22.9. The van der Waals surface area contributed by atoms with Crippen LogP contribution in [0.2, 0.25) is 0 Å². The third-order valence-corrected chi connectivity index (χ3v) is 6.41. The molecule has 0 aliphatic carbocycles. The van der Waals surface area contributed by atoms with Gasteiger partial charge in [0, 0.05) is 0 Å². The summed E-state index contributed by atoms with van der Waals surface area (Å²) in [6, 6.07) is 13.8. The number of hydrogen-bond acceptors (Lipinski definition) is 5. The van der Waals surface area contributed by atoms with Crippen molar-refractivity contribution in [2.24, 2.45) is 0 Å². The summed E-state index contributed by atoms with van der Waals surface area (Å²) in [4.78, 5) is 25.9. The van der Waals surface area contributed by atoms with Crippen LogP contribution in [0.15, 0.2) is 53.4 Å². The number of thioether (sulfide) groups is 1. The van der Waals surface area contributed by atoms with Gasteiger partial charge in [0.1, 0.15) is 5.75 Å². The first-order valence-corrected chi connectivity index (χ1v) is 12.1. The Morgan fingerprint density at radius 3 is 2.34 bits per heavy atom. The number of anilines is 1. The summed E-state index contributed by atoms with van der Waals surface area (Å²) in [6.45, 7) is 2.93. The van der Waals surface area contributed by atoms with Crippen molar-refractivity contribution >= 4 is 51.9 Å². The van der Waals surface area contributed by atoms with E-state index in [9.17, 15) is 9.59 Å². The fourth-order valence-electron chi connectivity index (χ4n) is 3.33. The summed E-state index contributed by atoms with van der Waals surface area (Å²) in [6.07, 6.45) is 9.18. The second-order valence-electron chi connectivity index (χ2n) is 7.55. The third-order valence-electron chi connectivity index (χ3n) is 5.11. The van der Waals surface area contributed by atoms with E-state index in [4.69, 9.17) is 22.1 Å². The van der Waals surface area contributed by atoms with Crippen LogP contribution in [-0.2, 0) is 4.79 Å². The molecule has 3 rings (SSSR count). The van der Waals surface area contributed by atoms with E-state index >= 15 is 0 Å². The van der Waals surface area contributed by atoms with Gasteiger partial charge in [0.15, 0.2) is 4.32 Å². The van der Waals surface area contributed by atoms with E-state index in [1.807, 2.05) is 30.3 Å². The van der Waals surface area contributed by atoms with E-state index in [1.54, 1.807) is 12.1 Å². The van der Waals surface area contributed by atoms with Crippen LogP contribution in [0, 0.1) is 0 Å². The van der Waals surface area contributed by atoms with Gasteiger partial charge in [-0.05, 0) is 54.5 Å². The number of ether oxygens (including phenoxy) is 1. The highest BCUT2D eigenvalue weighted by Crippen LogP contribution is 2.36. The first-order valence-electron chi connectivity index (χ1n) is 10.8. The molecule has 2 aromatic rings. The minimum atomic E-state index is -1.01. The lowest BCUT2D eigenvalue weighted by atomic mass is 10.1. The van der Waals surface area contributed by atoms with Crippen LogP contribution in [0.4, 0.5) is 5.69 Å². The van der Waals surface area contributed by atoms with Crippen LogP contribution in [-0.4, -0.2) is 27.9 Å². The fourth-order valence-corrected chi connectivity index (χ4v) is 4.63. The lowest BCUT2D eigenvalue weighted by Crippen LogP contribution is -2.27. The van der Waals surface area contributed by atoms with Gasteiger partial charge in [-0.25, -0.2) is 4.79 Å².